The van der Waals surface area contributed by atoms with Gasteiger partial charge in [0.15, 0.2) is 0 Å². The molecule has 0 bridgehead atoms. The number of carbonyl (C=O) groups is 24. The predicted octanol–water partition coefficient (Wildman–Crippen LogP) is -2.50. The fraction of sp³-hybridized carbons (Fsp3) is 0.727. The average molecular weight is 1950 g/mol. The topological polar surface area (TPSA) is 617 Å². The third-order valence-corrected chi connectivity index (χ3v) is 23.6. The van der Waals surface area contributed by atoms with Gasteiger partial charge >= 0.3 is 23.9 Å². The van der Waals surface area contributed by atoms with Crippen LogP contribution in [0.2, 0.25) is 0 Å². The van der Waals surface area contributed by atoms with E-state index in [4.69, 9.17) is 19.4 Å². The average Bonchev–Trinajstić information content (AvgIpc) is 1.60. The highest BCUT2D eigenvalue weighted by Crippen LogP contribution is 2.26. The molecule has 20 amide bonds. The third kappa shape index (κ3) is 44.6. The summed E-state index contributed by atoms with van der Waals surface area (Å²) in [5.74, 6) is -10.8. The molecule has 8 unspecified atom stereocenters. The molecule has 8 aliphatic rings. The monoisotopic (exact) mass is 1950 g/mol. The second-order valence-corrected chi connectivity index (χ2v) is 34.6. The Morgan fingerprint density at radius 1 is 0.199 bits per heavy atom. The van der Waals surface area contributed by atoms with E-state index in [1.807, 2.05) is 0 Å². The SMILES string of the molecule is CC1CCCC(C)N1C[13C](=O)N[13CH2][13CH2][13C](=O)NCC[13C](=O)NCCC(=O)ON1C(=O)CCC1=O.CC1CCCC(C)N1C[13C](=O)N[13CH2][13CH2][13C](=O)[15NH]CCC(=O)NCCC(=O)ON1C(=O)CCC1=O.CC1CCCC(C)N1C[13C](=O)[15NH][13CH2][13CH2]C(=O)[15NH]CCC(=O)NCCC(=O)ON1C(=O)CCC1=O.CC1CCCC(C)[15N]1CC(=O)[15NH][13CH2][13CH2]C(=O)[15NH]CCC(=O)NCCC(=O)ON1C(=O)CCC1=O. The largest absolute Gasteiger partial charge is 0.356 e. The predicted molar refractivity (Wildman–Crippen MR) is 478 cm³/mol. The maximum Gasteiger partial charge on any atom is 0.334 e. The molecule has 8 atom stereocenters. The Kier molecular flexibility index (Phi) is 52.0. The number of likely N-dealkylation sites (tertiary alicyclic amines) is 4. The molecule has 0 saturated carbocycles. The van der Waals surface area contributed by atoms with E-state index in [-0.39, 0.29) is 278 Å². The molecule has 0 aromatic rings. The number of hydrogen-bond acceptors (Lipinski definition) is 32. The van der Waals surface area contributed by atoms with Gasteiger partial charge in [-0.15, -0.1) is 20.3 Å². The Balaban J connectivity index is 0.000000320. The zero-order valence-electron chi connectivity index (χ0n) is 79.6. The Morgan fingerprint density at radius 2 is 0.316 bits per heavy atom. The van der Waals surface area contributed by atoms with Crippen LogP contribution in [0.3, 0.4) is 0 Å². The van der Waals surface area contributed by atoms with E-state index < -0.39 is 71.1 Å². The number of nitrogens with one attached hydrogen (secondary N) is 12. The molecular formula is C88H140N20O28. The summed E-state index contributed by atoms with van der Waals surface area (Å²) in [4.78, 5) is 309. The van der Waals surface area contributed by atoms with Crippen LogP contribution in [0, 0.1) is 0 Å². The minimum Gasteiger partial charge on any atom is -0.356 e. The van der Waals surface area contributed by atoms with E-state index in [1.54, 1.807) is 0 Å². The van der Waals surface area contributed by atoms with Crippen molar-refractivity contribution in [3.8, 4) is 0 Å². The molecule has 8 aliphatic heterocycles. The molecule has 12 N–H and O–H groups in total. The molecule has 136 heavy (non-hydrogen) atoms. The van der Waals surface area contributed by atoms with Crippen molar-refractivity contribution >= 4 is 142 Å². The maximum absolute atomic E-state index is 12.2. The second-order valence-electron chi connectivity index (χ2n) is 34.6. The van der Waals surface area contributed by atoms with Gasteiger partial charge in [-0.1, -0.05) is 25.7 Å². The summed E-state index contributed by atoms with van der Waals surface area (Å²) in [7, 11) is 0. The molecule has 8 fully saturated rings. The van der Waals surface area contributed by atoms with E-state index in [0.29, 0.717) is 94.8 Å². The van der Waals surface area contributed by atoms with Gasteiger partial charge in [0.2, 0.25) is 70.9 Å². The first kappa shape index (κ1) is 114. The third-order valence-electron chi connectivity index (χ3n) is 23.6. The summed E-state index contributed by atoms with van der Waals surface area (Å²) < 4.78 is 0. The van der Waals surface area contributed by atoms with Crippen molar-refractivity contribution < 1.29 is 134 Å². The summed E-state index contributed by atoms with van der Waals surface area (Å²) in [5, 5.41) is 33.3. The highest BCUT2D eigenvalue weighted by atomic mass is 16.7. The Labute approximate surface area is 790 Å². The van der Waals surface area contributed by atoms with Crippen molar-refractivity contribution in [2.45, 2.75) is 309 Å². The lowest BCUT2D eigenvalue weighted by Gasteiger charge is -2.38. The maximum atomic E-state index is 12.2. The van der Waals surface area contributed by atoms with Gasteiger partial charge in [0.05, 0.1) is 51.9 Å². The van der Waals surface area contributed by atoms with Crippen molar-refractivity contribution in [2.24, 2.45) is 0 Å². The van der Waals surface area contributed by atoms with Crippen LogP contribution >= 0.6 is 0 Å². The van der Waals surface area contributed by atoms with Crippen LogP contribution in [0.5, 0.6) is 0 Å². The van der Waals surface area contributed by atoms with Crippen molar-refractivity contribution in [1.29, 1.82) is 0 Å². The molecule has 0 aromatic heterocycles. The zero-order chi connectivity index (χ0) is 100. The molecule has 0 aliphatic carbocycles. The summed E-state index contributed by atoms with van der Waals surface area (Å²) in [6.45, 7) is 19.5. The number of hydrogen-bond donors (Lipinski definition) is 12. The molecule has 8 saturated heterocycles. The number of rotatable bonds is 48. The van der Waals surface area contributed by atoms with Crippen LogP contribution < -0.4 is 63.8 Å². The van der Waals surface area contributed by atoms with Crippen molar-refractivity contribution in [3.05, 3.63) is 0 Å². The van der Waals surface area contributed by atoms with E-state index in [1.165, 1.54) is 25.7 Å². The summed E-state index contributed by atoms with van der Waals surface area (Å²) in [6.07, 6.45) is 13.1. The molecule has 8 rings (SSSR count). The summed E-state index contributed by atoms with van der Waals surface area (Å²) >= 11 is 0. The number of carbonyl (C=O) groups excluding carboxylic acids is 24. The van der Waals surface area contributed by atoms with Crippen molar-refractivity contribution in [3.63, 3.8) is 0 Å². The first-order valence-electron chi connectivity index (χ1n) is 47.2. The number of piperidine rings is 4. The van der Waals surface area contributed by atoms with Gasteiger partial charge < -0.3 is 83.2 Å². The first-order valence-corrected chi connectivity index (χ1v) is 47.2. The number of amides is 20. The molecule has 0 aromatic carbocycles. The molecule has 8 heterocycles. The van der Waals surface area contributed by atoms with Gasteiger partial charge in [-0.3, -0.25) is 115 Å². The summed E-state index contributed by atoms with van der Waals surface area (Å²) in [5.41, 5.74) is 0. The van der Waals surface area contributed by atoms with Gasteiger partial charge in [0.25, 0.3) is 47.3 Å². The van der Waals surface area contributed by atoms with E-state index >= 15 is 0 Å². The van der Waals surface area contributed by atoms with Crippen LogP contribution in [0.4, 0.5) is 0 Å². The molecule has 48 heteroatoms. The van der Waals surface area contributed by atoms with E-state index in [0.717, 1.165) is 51.4 Å². The van der Waals surface area contributed by atoms with Gasteiger partial charge in [-0.25, -0.2) is 19.2 Å². The molecule has 0 spiro atoms. The molecule has 0 radical (unpaired) electrons. The van der Waals surface area contributed by atoms with E-state index in [2.05, 4.69) is 139 Å². The lowest BCUT2D eigenvalue weighted by Crippen LogP contribution is -2.49. The first-order chi connectivity index (χ1) is 64.7. The number of hydroxylamine groups is 8. The van der Waals surface area contributed by atoms with Crippen LogP contribution in [0.15, 0.2) is 0 Å². The Bertz CT molecular complexity index is 3560. The molecular weight excluding hydrogens is 1800 g/mol. The standard InChI is InChI=1S/4C22H35N5O7/c4*1-15-4-3-5-16(2)26(15)14-19(30)25-12-9-17(28)23-11-8-18(29)24-13-10-22(33)34-27-20(31)6-7-21(27)32/h4*15-16H,3-14H2,1-2H3,(H,23,28)(H,24,29)(H,25,30)/i9+1,12+1,23+1,25+1,26+1;9+1,12+1,19+1,23+1,25+1;9+1,12+1,17+1,19+1,23+1;9+1,12+1,17+1,18+1,19+1. The number of nitrogens with zero attached hydrogens (tertiary/aromatic N) is 8. The highest BCUT2D eigenvalue weighted by molar-refractivity contribution is 6.04. The minimum atomic E-state index is -0.802. The fourth-order valence-corrected chi connectivity index (χ4v) is 15.7. The van der Waals surface area contributed by atoms with Crippen molar-refractivity contribution in [1.82, 2.24) is 104 Å². The number of imide groups is 4. The lowest BCUT2D eigenvalue weighted by molar-refractivity contribution is -0.197. The van der Waals surface area contributed by atoms with Crippen LogP contribution in [-0.4, -0.2) is 335 Å². The highest BCUT2D eigenvalue weighted by Gasteiger charge is 2.38. The zero-order valence-corrected chi connectivity index (χ0v) is 79.6. The second kappa shape index (κ2) is 61.8. The van der Waals surface area contributed by atoms with E-state index in [9.17, 15) is 115 Å². The van der Waals surface area contributed by atoms with Gasteiger partial charge in [0.1, 0.15) is 0 Å². The lowest BCUT2D eigenvalue weighted by atomic mass is 9.98. The van der Waals surface area contributed by atoms with Crippen LogP contribution in [0.25, 0.3) is 0 Å². The van der Waals surface area contributed by atoms with Gasteiger partial charge in [-0.05, 0) is 107 Å². The van der Waals surface area contributed by atoms with Crippen LogP contribution in [-0.2, 0) is 134 Å². The quantitative estimate of drug-likeness (QED) is 0.0170. The Morgan fingerprint density at radius 3 is 0.449 bits per heavy atom. The minimum absolute atomic E-state index is 0.0120. The fourth-order valence-electron chi connectivity index (χ4n) is 15.7. The summed E-state index contributed by atoms with van der Waals surface area (Å²) in [6, 6.07) is 2.95. The van der Waals surface area contributed by atoms with Crippen LogP contribution in [0.1, 0.15) is 261 Å². The smallest absolute Gasteiger partial charge is 0.334 e. The Hall–Kier alpha value is -12.1. The molecule has 760 valence electrons. The molecule has 48 nitrogen and oxygen atoms in total. The van der Waals surface area contributed by atoms with Gasteiger partial charge in [-0.2, -0.15) is 0 Å². The normalized spacial score (nSPS) is 20.7. The van der Waals surface area contributed by atoms with Gasteiger partial charge in [0, 0.05) is 230 Å². The van der Waals surface area contributed by atoms with Crippen molar-refractivity contribution in [2.75, 3.05) is 105 Å².